The van der Waals surface area contributed by atoms with Crippen molar-refractivity contribution in [1.82, 2.24) is 4.98 Å². The minimum Gasteiger partial charge on any atom is -0.258 e. The molecule has 0 radical (unpaired) electrons. The molecule has 0 bridgehead atoms. The average Bonchev–Trinajstić information content (AvgIpc) is 2.37. The summed E-state index contributed by atoms with van der Waals surface area (Å²) >= 11 is 3.71. The van der Waals surface area contributed by atoms with Crippen molar-refractivity contribution in [3.63, 3.8) is 0 Å². The molecule has 0 fully saturated rings. The zero-order valence-electron chi connectivity index (χ0n) is 11.8. The van der Waals surface area contributed by atoms with E-state index in [1.165, 1.54) is 0 Å². The lowest BCUT2D eigenvalue weighted by atomic mass is 9.87. The number of nitro groups is 1. The van der Waals surface area contributed by atoms with Gasteiger partial charge in [-0.1, -0.05) is 48.8 Å². The third-order valence-corrected chi connectivity index (χ3v) is 5.07. The van der Waals surface area contributed by atoms with E-state index in [1.54, 1.807) is 12.3 Å². The first-order valence-corrected chi connectivity index (χ1v) is 7.37. The molecule has 2 aromatic rings. The average molecular weight is 337 g/mol. The van der Waals surface area contributed by atoms with Crippen LogP contribution in [0.2, 0.25) is 0 Å². The summed E-state index contributed by atoms with van der Waals surface area (Å²) in [7, 11) is 0. The summed E-state index contributed by atoms with van der Waals surface area (Å²) in [5, 5.41) is 11.9. The molecule has 0 aliphatic rings. The maximum absolute atomic E-state index is 11.1. The van der Waals surface area contributed by atoms with Crippen molar-refractivity contribution >= 4 is 32.5 Å². The van der Waals surface area contributed by atoms with E-state index in [0.29, 0.717) is 10.3 Å². The Balaban J connectivity index is 2.51. The molecular weight excluding hydrogens is 320 g/mol. The number of nitrogens with zero attached hydrogens (tertiary/aromatic N) is 2. The summed E-state index contributed by atoms with van der Waals surface area (Å²) in [6, 6.07) is 7.10. The number of fused-ring (bicyclic) bond motifs is 1. The summed E-state index contributed by atoms with van der Waals surface area (Å²) < 4.78 is 0. The van der Waals surface area contributed by atoms with Crippen molar-refractivity contribution in [2.75, 3.05) is 0 Å². The monoisotopic (exact) mass is 336 g/mol. The van der Waals surface area contributed by atoms with Crippen molar-refractivity contribution in [2.24, 2.45) is 5.41 Å². The van der Waals surface area contributed by atoms with E-state index < -0.39 is 0 Å². The Morgan fingerprint density at radius 1 is 1.35 bits per heavy atom. The second-order valence-corrected chi connectivity index (χ2v) is 7.04. The lowest BCUT2D eigenvalue weighted by Crippen LogP contribution is -2.22. The van der Waals surface area contributed by atoms with Crippen LogP contribution < -0.4 is 0 Å². The summed E-state index contributed by atoms with van der Waals surface area (Å²) in [5.74, 6) is 0. The van der Waals surface area contributed by atoms with Gasteiger partial charge in [0.2, 0.25) is 0 Å². The predicted octanol–water partition coefficient (Wildman–Crippen LogP) is 4.50. The fourth-order valence-electron chi connectivity index (χ4n) is 2.04. The normalized spacial score (nSPS) is 13.4. The zero-order chi connectivity index (χ0) is 14.9. The Morgan fingerprint density at radius 2 is 2.05 bits per heavy atom. The van der Waals surface area contributed by atoms with Crippen LogP contribution in [0, 0.1) is 15.5 Å². The summed E-state index contributed by atoms with van der Waals surface area (Å²) in [5.41, 5.74) is 1.72. The van der Waals surface area contributed by atoms with Crippen molar-refractivity contribution < 1.29 is 4.92 Å². The van der Waals surface area contributed by atoms with Gasteiger partial charge in [-0.15, -0.1) is 0 Å². The molecule has 4 nitrogen and oxygen atoms in total. The molecule has 1 aromatic carbocycles. The number of hydrogen-bond acceptors (Lipinski definition) is 3. The van der Waals surface area contributed by atoms with Crippen LogP contribution in [0.25, 0.3) is 10.9 Å². The number of benzene rings is 1. The number of hydrogen-bond donors (Lipinski definition) is 0. The highest BCUT2D eigenvalue weighted by atomic mass is 79.9. The molecule has 20 heavy (non-hydrogen) atoms. The number of rotatable bonds is 3. The molecule has 0 saturated carbocycles. The molecule has 0 N–H and O–H groups in total. The molecule has 1 heterocycles. The summed E-state index contributed by atoms with van der Waals surface area (Å²) in [4.78, 5) is 15.2. The number of aromatic nitrogens is 1. The Bertz CT molecular complexity index is 650. The molecule has 1 unspecified atom stereocenters. The van der Waals surface area contributed by atoms with Crippen LogP contribution in [0.5, 0.6) is 0 Å². The van der Waals surface area contributed by atoms with Crippen LogP contribution in [-0.2, 0) is 6.42 Å². The summed E-state index contributed by atoms with van der Waals surface area (Å²) in [6.45, 7) is 6.49. The van der Waals surface area contributed by atoms with E-state index in [0.717, 1.165) is 17.4 Å². The molecule has 0 aliphatic heterocycles. The number of alkyl halides is 1. The van der Waals surface area contributed by atoms with Gasteiger partial charge in [0.1, 0.15) is 5.52 Å². The Hall–Kier alpha value is -1.49. The first-order chi connectivity index (χ1) is 9.30. The SMILES string of the molecule is CC(C)(C)C(Br)Cc1ccc([N+](=O)[O-])c2ncccc12. The molecule has 0 amide bonds. The van der Waals surface area contributed by atoms with Gasteiger partial charge in [0, 0.05) is 22.5 Å². The van der Waals surface area contributed by atoms with Crippen LogP contribution in [0.4, 0.5) is 5.69 Å². The van der Waals surface area contributed by atoms with E-state index in [4.69, 9.17) is 0 Å². The minimum absolute atomic E-state index is 0.0613. The van der Waals surface area contributed by atoms with Crippen LogP contribution >= 0.6 is 15.9 Å². The fraction of sp³-hybridized carbons (Fsp3) is 0.400. The van der Waals surface area contributed by atoms with Crippen LogP contribution in [-0.4, -0.2) is 14.7 Å². The first kappa shape index (κ1) is 14.9. The lowest BCUT2D eigenvalue weighted by molar-refractivity contribution is -0.383. The van der Waals surface area contributed by atoms with Gasteiger partial charge >= 0.3 is 0 Å². The summed E-state index contributed by atoms with van der Waals surface area (Å²) in [6.07, 6.45) is 2.40. The van der Waals surface area contributed by atoms with Crippen LogP contribution in [0.1, 0.15) is 26.3 Å². The van der Waals surface area contributed by atoms with Crippen molar-refractivity contribution in [1.29, 1.82) is 0 Å². The Labute approximate surface area is 126 Å². The smallest absolute Gasteiger partial charge is 0.258 e. The van der Waals surface area contributed by atoms with Gasteiger partial charge in [-0.05, 0) is 23.5 Å². The zero-order valence-corrected chi connectivity index (χ0v) is 13.3. The molecule has 0 saturated heterocycles. The van der Waals surface area contributed by atoms with E-state index in [2.05, 4.69) is 41.7 Å². The van der Waals surface area contributed by atoms with Gasteiger partial charge in [0.25, 0.3) is 5.69 Å². The number of halogens is 1. The second kappa shape index (κ2) is 5.48. The molecule has 0 aliphatic carbocycles. The standard InChI is InChI=1S/C15H17BrN2O2/c1-15(2,3)13(16)9-10-6-7-12(18(19)20)14-11(10)5-4-8-17-14/h4-8,13H,9H2,1-3H3. The highest BCUT2D eigenvalue weighted by Gasteiger charge is 2.24. The maximum Gasteiger partial charge on any atom is 0.295 e. The Morgan fingerprint density at radius 3 is 2.65 bits per heavy atom. The van der Waals surface area contributed by atoms with Crippen LogP contribution in [0.15, 0.2) is 30.5 Å². The van der Waals surface area contributed by atoms with Gasteiger partial charge in [-0.25, -0.2) is 4.98 Å². The number of pyridine rings is 1. The van der Waals surface area contributed by atoms with E-state index in [9.17, 15) is 10.1 Å². The molecule has 0 spiro atoms. The van der Waals surface area contributed by atoms with Crippen molar-refractivity contribution in [3.8, 4) is 0 Å². The van der Waals surface area contributed by atoms with Crippen molar-refractivity contribution in [3.05, 3.63) is 46.1 Å². The quantitative estimate of drug-likeness (QED) is 0.471. The molecule has 2 rings (SSSR count). The van der Waals surface area contributed by atoms with Gasteiger partial charge in [0.05, 0.1) is 4.92 Å². The highest BCUT2D eigenvalue weighted by Crippen LogP contribution is 2.33. The third kappa shape index (κ3) is 2.98. The van der Waals surface area contributed by atoms with Crippen molar-refractivity contribution in [2.45, 2.75) is 32.0 Å². The second-order valence-electron chi connectivity index (χ2n) is 5.94. The predicted molar refractivity (Wildman–Crippen MR) is 84.3 cm³/mol. The number of non-ortho nitro benzene ring substituents is 1. The topological polar surface area (TPSA) is 56.0 Å². The lowest BCUT2D eigenvalue weighted by Gasteiger charge is -2.26. The van der Waals surface area contributed by atoms with Crippen LogP contribution in [0.3, 0.4) is 0 Å². The van der Waals surface area contributed by atoms with E-state index >= 15 is 0 Å². The minimum atomic E-state index is -0.380. The molecule has 5 heteroatoms. The Kier molecular flexibility index (Phi) is 4.09. The van der Waals surface area contributed by atoms with E-state index in [-0.39, 0.29) is 16.0 Å². The molecular formula is C15H17BrN2O2. The molecule has 1 aromatic heterocycles. The molecule has 106 valence electrons. The van der Waals surface area contributed by atoms with Gasteiger partial charge in [-0.3, -0.25) is 10.1 Å². The van der Waals surface area contributed by atoms with E-state index in [1.807, 2.05) is 18.2 Å². The third-order valence-electron chi connectivity index (χ3n) is 3.37. The first-order valence-electron chi connectivity index (χ1n) is 6.46. The van der Waals surface area contributed by atoms with Gasteiger partial charge in [-0.2, -0.15) is 0 Å². The van der Waals surface area contributed by atoms with Gasteiger partial charge < -0.3 is 0 Å². The van der Waals surface area contributed by atoms with Gasteiger partial charge in [0.15, 0.2) is 0 Å². The number of nitro benzene ring substituents is 1. The maximum atomic E-state index is 11.1. The highest BCUT2D eigenvalue weighted by molar-refractivity contribution is 9.09. The largest absolute Gasteiger partial charge is 0.295 e. The molecule has 1 atom stereocenters. The fourth-order valence-corrected chi connectivity index (χ4v) is 2.39.